The molecule has 4 rings (SSSR count). The van der Waals surface area contributed by atoms with Gasteiger partial charge in [-0.15, -0.1) is 11.3 Å². The summed E-state index contributed by atoms with van der Waals surface area (Å²) < 4.78 is 5.60. The Balaban J connectivity index is 2.05. The fourth-order valence-electron chi connectivity index (χ4n) is 3.40. The first-order chi connectivity index (χ1) is 12.9. The molecule has 0 saturated carbocycles. The molecule has 0 unspecified atom stereocenters. The van der Waals surface area contributed by atoms with Crippen LogP contribution in [0.1, 0.15) is 45.5 Å². The number of amides is 1. The number of nitrogens with two attached hydrogens (primary N) is 2. The number of hydrogen-bond donors (Lipinski definition) is 2. The minimum absolute atomic E-state index is 0.0403. The van der Waals surface area contributed by atoms with E-state index in [1.54, 1.807) is 23.6 Å². The zero-order valence-electron chi connectivity index (χ0n) is 15.2. The van der Waals surface area contributed by atoms with Crippen LogP contribution < -0.4 is 11.5 Å². The van der Waals surface area contributed by atoms with Crippen LogP contribution in [0.2, 0.25) is 0 Å². The second-order valence-corrected chi connectivity index (χ2v) is 7.85. The highest BCUT2D eigenvalue weighted by molar-refractivity contribution is 7.16. The van der Waals surface area contributed by atoms with E-state index < -0.39 is 11.9 Å². The number of fused-ring (bicyclic) bond motifs is 3. The molecule has 1 aliphatic rings. The second kappa shape index (κ2) is 6.31. The third-order valence-electron chi connectivity index (χ3n) is 4.77. The SMILES string of the molecule is Cc1noc2c1-c1sc(C)c(C)c1C(c1ccnc(N)c1)=N[C@H]2CC(N)=O. The molecule has 138 valence electrons. The molecular formula is C19H19N5O2S. The van der Waals surface area contributed by atoms with Gasteiger partial charge in [0.05, 0.1) is 23.4 Å². The first-order valence-electron chi connectivity index (χ1n) is 8.51. The van der Waals surface area contributed by atoms with E-state index in [0.29, 0.717) is 11.6 Å². The van der Waals surface area contributed by atoms with Crippen molar-refractivity contribution in [3.8, 4) is 10.4 Å². The molecule has 4 heterocycles. The molecule has 0 radical (unpaired) electrons. The van der Waals surface area contributed by atoms with Gasteiger partial charge in [0.25, 0.3) is 0 Å². The third kappa shape index (κ3) is 2.82. The number of carbonyl (C=O) groups is 1. The Hall–Kier alpha value is -3.00. The van der Waals surface area contributed by atoms with Gasteiger partial charge in [0.2, 0.25) is 5.91 Å². The van der Waals surface area contributed by atoms with Crippen molar-refractivity contribution in [1.29, 1.82) is 0 Å². The molecular weight excluding hydrogens is 362 g/mol. The Labute approximate surface area is 160 Å². The molecule has 3 aromatic heterocycles. The summed E-state index contributed by atoms with van der Waals surface area (Å²) in [5, 5.41) is 4.13. The number of rotatable bonds is 3. The van der Waals surface area contributed by atoms with Gasteiger partial charge >= 0.3 is 0 Å². The molecule has 3 aromatic rings. The Kier molecular flexibility index (Phi) is 4.07. The summed E-state index contributed by atoms with van der Waals surface area (Å²) in [6, 6.07) is 3.11. The van der Waals surface area contributed by atoms with Gasteiger partial charge in [-0.25, -0.2) is 4.98 Å². The van der Waals surface area contributed by atoms with E-state index in [9.17, 15) is 4.79 Å². The number of aliphatic imine (C=N–C) groups is 1. The number of hydrogen-bond acceptors (Lipinski definition) is 7. The predicted octanol–water partition coefficient (Wildman–Crippen LogP) is 3.07. The number of nitrogen functional groups attached to an aromatic ring is 1. The average molecular weight is 381 g/mol. The van der Waals surface area contributed by atoms with Gasteiger partial charge in [-0.3, -0.25) is 9.79 Å². The molecule has 1 aliphatic heterocycles. The van der Waals surface area contributed by atoms with Gasteiger partial charge in [-0.05, 0) is 38.5 Å². The van der Waals surface area contributed by atoms with Crippen LogP contribution >= 0.6 is 11.3 Å². The molecule has 4 N–H and O–H groups in total. The van der Waals surface area contributed by atoms with Gasteiger partial charge < -0.3 is 16.0 Å². The van der Waals surface area contributed by atoms with Crippen molar-refractivity contribution in [2.75, 3.05) is 5.73 Å². The van der Waals surface area contributed by atoms with E-state index in [1.807, 2.05) is 13.0 Å². The Morgan fingerprint density at radius 3 is 2.78 bits per heavy atom. The Morgan fingerprint density at radius 2 is 2.07 bits per heavy atom. The molecule has 0 bridgehead atoms. The van der Waals surface area contributed by atoms with E-state index in [4.69, 9.17) is 21.0 Å². The van der Waals surface area contributed by atoms with E-state index in [0.717, 1.165) is 38.5 Å². The lowest BCUT2D eigenvalue weighted by molar-refractivity contribution is -0.118. The van der Waals surface area contributed by atoms with Crippen LogP contribution in [-0.4, -0.2) is 21.8 Å². The first kappa shape index (κ1) is 17.4. The van der Waals surface area contributed by atoms with Crippen LogP contribution in [0.5, 0.6) is 0 Å². The smallest absolute Gasteiger partial charge is 0.220 e. The number of pyridine rings is 1. The van der Waals surface area contributed by atoms with Crippen molar-refractivity contribution in [2.24, 2.45) is 10.7 Å². The molecule has 1 atom stereocenters. The highest BCUT2D eigenvalue weighted by atomic mass is 32.1. The normalized spacial score (nSPS) is 15.7. The van der Waals surface area contributed by atoms with Crippen LogP contribution in [0.15, 0.2) is 27.8 Å². The van der Waals surface area contributed by atoms with Gasteiger partial charge in [0, 0.05) is 27.1 Å². The summed E-state index contributed by atoms with van der Waals surface area (Å²) in [4.78, 5) is 22.9. The summed E-state index contributed by atoms with van der Waals surface area (Å²) in [6.07, 6.45) is 1.69. The number of aromatic nitrogens is 2. The molecule has 7 nitrogen and oxygen atoms in total. The third-order valence-corrected chi connectivity index (χ3v) is 6.00. The lowest BCUT2D eigenvalue weighted by atomic mass is 9.97. The minimum atomic E-state index is -0.539. The zero-order valence-corrected chi connectivity index (χ0v) is 16.1. The quantitative estimate of drug-likeness (QED) is 0.722. The summed E-state index contributed by atoms with van der Waals surface area (Å²) in [5.41, 5.74) is 16.8. The predicted molar refractivity (Wildman–Crippen MR) is 105 cm³/mol. The molecule has 27 heavy (non-hydrogen) atoms. The summed E-state index contributed by atoms with van der Waals surface area (Å²) in [5.74, 6) is 0.535. The maximum Gasteiger partial charge on any atom is 0.220 e. The van der Waals surface area contributed by atoms with Crippen LogP contribution in [0.3, 0.4) is 0 Å². The summed E-state index contributed by atoms with van der Waals surface area (Å²) in [7, 11) is 0. The molecule has 0 spiro atoms. The minimum Gasteiger partial charge on any atom is -0.384 e. The number of aryl methyl sites for hydroxylation is 2. The maximum atomic E-state index is 11.7. The lowest BCUT2D eigenvalue weighted by Gasteiger charge is -2.11. The topological polar surface area (TPSA) is 120 Å². The highest BCUT2D eigenvalue weighted by Crippen LogP contribution is 2.46. The van der Waals surface area contributed by atoms with Crippen molar-refractivity contribution in [3.05, 3.63) is 51.4 Å². The average Bonchev–Trinajstić information content (AvgIpc) is 3.07. The van der Waals surface area contributed by atoms with E-state index in [2.05, 4.69) is 24.0 Å². The number of primary amides is 1. The first-order valence-corrected chi connectivity index (χ1v) is 9.33. The van der Waals surface area contributed by atoms with Gasteiger partial charge in [-0.1, -0.05) is 5.16 Å². The number of anilines is 1. The highest BCUT2D eigenvalue weighted by Gasteiger charge is 2.33. The summed E-state index contributed by atoms with van der Waals surface area (Å²) in [6.45, 7) is 6.05. The van der Waals surface area contributed by atoms with Crippen molar-refractivity contribution in [2.45, 2.75) is 33.2 Å². The molecule has 1 amide bonds. The van der Waals surface area contributed by atoms with E-state index >= 15 is 0 Å². The van der Waals surface area contributed by atoms with Gasteiger partial charge in [0.15, 0.2) is 5.76 Å². The lowest BCUT2D eigenvalue weighted by Crippen LogP contribution is -2.15. The van der Waals surface area contributed by atoms with Crippen LogP contribution in [0.25, 0.3) is 10.4 Å². The Morgan fingerprint density at radius 1 is 1.30 bits per heavy atom. The van der Waals surface area contributed by atoms with Crippen molar-refractivity contribution in [1.82, 2.24) is 10.1 Å². The Bertz CT molecular complexity index is 1100. The maximum absolute atomic E-state index is 11.7. The fraction of sp³-hybridized carbons (Fsp3) is 0.263. The zero-order chi connectivity index (χ0) is 19.3. The number of thiophene rings is 1. The number of carbonyl (C=O) groups excluding carboxylic acids is 1. The van der Waals surface area contributed by atoms with Crippen LogP contribution in [-0.2, 0) is 4.79 Å². The summed E-state index contributed by atoms with van der Waals surface area (Å²) >= 11 is 1.67. The molecule has 8 heteroatoms. The van der Waals surface area contributed by atoms with Crippen molar-refractivity contribution < 1.29 is 9.32 Å². The van der Waals surface area contributed by atoms with E-state index in [-0.39, 0.29) is 6.42 Å². The number of nitrogens with zero attached hydrogens (tertiary/aromatic N) is 3. The van der Waals surface area contributed by atoms with Crippen molar-refractivity contribution >= 4 is 28.8 Å². The molecule has 0 saturated heterocycles. The largest absolute Gasteiger partial charge is 0.384 e. The van der Waals surface area contributed by atoms with Crippen molar-refractivity contribution in [3.63, 3.8) is 0 Å². The molecule has 0 aliphatic carbocycles. The van der Waals surface area contributed by atoms with Crippen LogP contribution in [0, 0.1) is 20.8 Å². The van der Waals surface area contributed by atoms with Crippen LogP contribution in [0.4, 0.5) is 5.82 Å². The van der Waals surface area contributed by atoms with Gasteiger partial charge in [0.1, 0.15) is 11.9 Å². The second-order valence-electron chi connectivity index (χ2n) is 6.63. The monoisotopic (exact) mass is 381 g/mol. The fourth-order valence-corrected chi connectivity index (χ4v) is 4.66. The van der Waals surface area contributed by atoms with E-state index in [1.165, 1.54) is 4.88 Å². The van der Waals surface area contributed by atoms with Gasteiger partial charge in [-0.2, -0.15) is 0 Å². The molecule has 0 aromatic carbocycles. The molecule has 0 fully saturated rings. The standard InChI is InChI=1S/C19H19N5O2S/c1-8-10(3)27-19-15(8)17(11-4-5-22-13(20)6-11)23-12(7-14(21)25)18-16(19)9(2)24-26-18/h4-6,12H,7H2,1-3H3,(H2,20,22)(H2,21,25)/t12-/m0/s1.